The van der Waals surface area contributed by atoms with Crippen LogP contribution in [-0.4, -0.2) is 19.9 Å². The van der Waals surface area contributed by atoms with Gasteiger partial charge in [0.2, 0.25) is 0 Å². The van der Waals surface area contributed by atoms with E-state index >= 15 is 0 Å². The third-order valence-electron chi connectivity index (χ3n) is 3.21. The van der Waals surface area contributed by atoms with Crippen LogP contribution in [0.15, 0.2) is 55.1 Å². The highest BCUT2D eigenvalue weighted by Crippen LogP contribution is 2.35. The Kier molecular flexibility index (Phi) is 3.32. The van der Waals surface area contributed by atoms with Gasteiger partial charge in [0, 0.05) is 5.56 Å². The van der Waals surface area contributed by atoms with Crippen molar-refractivity contribution in [3.8, 4) is 22.6 Å². The zero-order valence-electron chi connectivity index (χ0n) is 11.1. The highest BCUT2D eigenvalue weighted by atomic mass is 19.4. The number of hydrogen-bond acceptors (Lipinski definition) is 3. The summed E-state index contributed by atoms with van der Waals surface area (Å²) < 4.78 is 39.4. The Morgan fingerprint density at radius 2 is 1.55 bits per heavy atom. The third kappa shape index (κ3) is 2.52. The lowest BCUT2D eigenvalue weighted by atomic mass is 10.0. The fourth-order valence-electron chi connectivity index (χ4n) is 2.19. The van der Waals surface area contributed by atoms with E-state index in [0.29, 0.717) is 16.8 Å². The van der Waals surface area contributed by atoms with Gasteiger partial charge in [0.15, 0.2) is 0 Å². The van der Waals surface area contributed by atoms with Crippen molar-refractivity contribution < 1.29 is 18.3 Å². The van der Waals surface area contributed by atoms with Gasteiger partial charge in [0.05, 0.1) is 11.3 Å². The van der Waals surface area contributed by atoms with E-state index in [4.69, 9.17) is 0 Å². The van der Waals surface area contributed by atoms with Crippen molar-refractivity contribution in [1.29, 1.82) is 0 Å². The average Bonchev–Trinajstić information content (AvgIpc) is 3.00. The van der Waals surface area contributed by atoms with Crippen molar-refractivity contribution in [1.82, 2.24) is 14.8 Å². The van der Waals surface area contributed by atoms with E-state index in [1.165, 1.54) is 35.4 Å². The Bertz CT molecular complexity index is 781. The fraction of sp³-hybridized carbons (Fsp3) is 0.0667. The summed E-state index contributed by atoms with van der Waals surface area (Å²) in [4.78, 5) is 0. The summed E-state index contributed by atoms with van der Waals surface area (Å²) in [6, 6.07) is 9.57. The molecule has 0 spiro atoms. The Labute approximate surface area is 123 Å². The zero-order chi connectivity index (χ0) is 15.7. The first kappa shape index (κ1) is 14.1. The highest BCUT2D eigenvalue weighted by Gasteiger charge is 2.30. The van der Waals surface area contributed by atoms with Crippen LogP contribution >= 0.6 is 0 Å². The number of phenolic OH excluding ortho intramolecular Hbond substituents is 1. The number of phenols is 1. The van der Waals surface area contributed by atoms with E-state index in [2.05, 4.69) is 10.2 Å². The lowest BCUT2D eigenvalue weighted by molar-refractivity contribution is -0.137. The van der Waals surface area contributed by atoms with Crippen molar-refractivity contribution in [2.24, 2.45) is 0 Å². The van der Waals surface area contributed by atoms with E-state index in [1.807, 2.05) is 0 Å². The average molecular weight is 305 g/mol. The minimum absolute atomic E-state index is 0.0165. The van der Waals surface area contributed by atoms with Gasteiger partial charge in [-0.3, -0.25) is 4.57 Å². The van der Waals surface area contributed by atoms with Crippen LogP contribution in [0.4, 0.5) is 13.2 Å². The highest BCUT2D eigenvalue weighted by molar-refractivity contribution is 5.76. The van der Waals surface area contributed by atoms with Gasteiger partial charge >= 0.3 is 6.18 Å². The lowest BCUT2D eigenvalue weighted by Gasteiger charge is -2.13. The molecule has 22 heavy (non-hydrogen) atoms. The second-order valence-corrected chi connectivity index (χ2v) is 4.62. The molecular formula is C15H10F3N3O. The molecule has 112 valence electrons. The number of aromatic hydroxyl groups is 1. The molecule has 0 bridgehead atoms. The normalized spacial score (nSPS) is 11.6. The number of benzene rings is 2. The zero-order valence-corrected chi connectivity index (χ0v) is 11.1. The molecule has 0 amide bonds. The van der Waals surface area contributed by atoms with Gasteiger partial charge in [-0.05, 0) is 23.8 Å². The molecule has 0 unspecified atom stereocenters. The molecule has 3 rings (SSSR count). The molecule has 0 radical (unpaired) electrons. The maximum Gasteiger partial charge on any atom is 0.416 e. The van der Waals surface area contributed by atoms with Crippen LogP contribution in [0, 0.1) is 0 Å². The van der Waals surface area contributed by atoms with Crippen LogP contribution < -0.4 is 0 Å². The summed E-state index contributed by atoms with van der Waals surface area (Å²) in [5.74, 6) is -0.0165. The Morgan fingerprint density at radius 3 is 2.14 bits per heavy atom. The fourth-order valence-corrected chi connectivity index (χ4v) is 2.19. The van der Waals surface area contributed by atoms with Crippen LogP contribution in [0.25, 0.3) is 16.8 Å². The molecule has 0 atom stereocenters. The number of nitrogens with zero attached hydrogens (tertiary/aromatic N) is 3. The van der Waals surface area contributed by atoms with Crippen molar-refractivity contribution in [3.63, 3.8) is 0 Å². The number of halogens is 3. The van der Waals surface area contributed by atoms with E-state index in [1.54, 1.807) is 12.1 Å². The number of rotatable bonds is 2. The molecule has 1 N–H and O–H groups in total. The molecular weight excluding hydrogens is 295 g/mol. The molecule has 3 aromatic rings. The third-order valence-corrected chi connectivity index (χ3v) is 3.21. The second-order valence-electron chi connectivity index (χ2n) is 4.62. The Morgan fingerprint density at radius 1 is 0.909 bits per heavy atom. The summed E-state index contributed by atoms with van der Waals surface area (Å²) >= 11 is 0. The van der Waals surface area contributed by atoms with Gasteiger partial charge < -0.3 is 5.11 Å². The molecule has 1 heterocycles. The smallest absolute Gasteiger partial charge is 0.416 e. The molecule has 4 nitrogen and oxygen atoms in total. The van der Waals surface area contributed by atoms with Crippen molar-refractivity contribution in [3.05, 3.63) is 60.7 Å². The maximum atomic E-state index is 12.6. The summed E-state index contributed by atoms with van der Waals surface area (Å²) in [5.41, 5.74) is 0.815. The standard InChI is InChI=1S/C15H10F3N3O/c16-15(17,18)11-6-4-10(5-7-11)12-2-1-3-13(22)14(12)21-8-19-20-9-21/h1-9,22H. The van der Waals surface area contributed by atoms with E-state index in [-0.39, 0.29) is 5.75 Å². The summed E-state index contributed by atoms with van der Waals surface area (Å²) in [7, 11) is 0. The van der Waals surface area contributed by atoms with Gasteiger partial charge in [-0.25, -0.2) is 0 Å². The molecule has 0 aliphatic heterocycles. The molecule has 0 aliphatic carbocycles. The largest absolute Gasteiger partial charge is 0.506 e. The van der Waals surface area contributed by atoms with E-state index in [9.17, 15) is 18.3 Å². The van der Waals surface area contributed by atoms with Gasteiger partial charge in [-0.2, -0.15) is 13.2 Å². The molecule has 0 saturated carbocycles. The minimum Gasteiger partial charge on any atom is -0.506 e. The van der Waals surface area contributed by atoms with Crippen LogP contribution in [0.3, 0.4) is 0 Å². The van der Waals surface area contributed by atoms with Crippen LogP contribution in [0.2, 0.25) is 0 Å². The van der Waals surface area contributed by atoms with Crippen LogP contribution in [0.5, 0.6) is 5.75 Å². The minimum atomic E-state index is -4.38. The summed E-state index contributed by atoms with van der Waals surface area (Å²) in [6.45, 7) is 0. The first-order valence-corrected chi connectivity index (χ1v) is 6.31. The molecule has 1 aromatic heterocycles. The first-order chi connectivity index (χ1) is 10.5. The van der Waals surface area contributed by atoms with Gasteiger partial charge in [-0.15, -0.1) is 10.2 Å². The predicted octanol–water partition coefficient (Wildman–Crippen LogP) is 3.66. The predicted molar refractivity (Wildman–Crippen MR) is 73.5 cm³/mol. The molecule has 0 fully saturated rings. The first-order valence-electron chi connectivity index (χ1n) is 6.31. The second kappa shape index (κ2) is 5.18. The summed E-state index contributed by atoms with van der Waals surface area (Å²) in [6.07, 6.45) is -1.57. The van der Waals surface area contributed by atoms with Crippen LogP contribution in [0.1, 0.15) is 5.56 Å². The number of aromatic nitrogens is 3. The van der Waals surface area contributed by atoms with Crippen molar-refractivity contribution in [2.75, 3.05) is 0 Å². The number of alkyl halides is 3. The van der Waals surface area contributed by atoms with Gasteiger partial charge in [0.25, 0.3) is 0 Å². The lowest BCUT2D eigenvalue weighted by Crippen LogP contribution is -2.04. The van der Waals surface area contributed by atoms with E-state index in [0.717, 1.165) is 12.1 Å². The monoisotopic (exact) mass is 305 g/mol. The topological polar surface area (TPSA) is 50.9 Å². The molecule has 7 heteroatoms. The van der Waals surface area contributed by atoms with Crippen molar-refractivity contribution >= 4 is 0 Å². The summed E-state index contributed by atoms with van der Waals surface area (Å²) in [5, 5.41) is 17.4. The number of hydrogen-bond donors (Lipinski definition) is 1. The molecule has 2 aromatic carbocycles. The molecule has 0 aliphatic rings. The molecule has 0 saturated heterocycles. The van der Waals surface area contributed by atoms with Crippen LogP contribution in [-0.2, 0) is 6.18 Å². The number of para-hydroxylation sites is 1. The Balaban J connectivity index is 2.11. The maximum absolute atomic E-state index is 12.6. The Hall–Kier alpha value is -2.83. The SMILES string of the molecule is Oc1cccc(-c2ccc(C(F)(F)F)cc2)c1-n1cnnc1. The van der Waals surface area contributed by atoms with Gasteiger partial charge in [-0.1, -0.05) is 24.3 Å². The van der Waals surface area contributed by atoms with Crippen molar-refractivity contribution in [2.45, 2.75) is 6.18 Å². The van der Waals surface area contributed by atoms with E-state index < -0.39 is 11.7 Å². The quantitative estimate of drug-likeness (QED) is 0.786. The van der Waals surface area contributed by atoms with Gasteiger partial charge in [0.1, 0.15) is 18.4 Å².